The average Bonchev–Trinajstić information content (AvgIpc) is 2.60. The lowest BCUT2D eigenvalue weighted by Crippen LogP contribution is -2.33. The van der Waals surface area contributed by atoms with E-state index in [9.17, 15) is 27.2 Å². The second kappa shape index (κ2) is 7.26. The van der Waals surface area contributed by atoms with Crippen molar-refractivity contribution in [2.45, 2.75) is 31.5 Å². The van der Waals surface area contributed by atoms with Gasteiger partial charge in [0.25, 0.3) is 0 Å². The normalized spacial score (nSPS) is 16.8. The van der Waals surface area contributed by atoms with Gasteiger partial charge in [-0.2, -0.15) is 17.6 Å². The zero-order chi connectivity index (χ0) is 19.8. The van der Waals surface area contributed by atoms with Crippen molar-refractivity contribution in [3.63, 3.8) is 0 Å². The Balaban J connectivity index is 1.78. The van der Waals surface area contributed by atoms with Gasteiger partial charge in [0.1, 0.15) is 5.69 Å². The minimum atomic E-state index is -4.60. The molecule has 142 valence electrons. The Bertz CT molecular complexity index is 915. The fourth-order valence-electron chi connectivity index (χ4n) is 3.01. The summed E-state index contributed by atoms with van der Waals surface area (Å²) in [6, 6.07) is 5.83. The van der Waals surface area contributed by atoms with Gasteiger partial charge in [0.05, 0.1) is 16.5 Å². The lowest BCUT2D eigenvalue weighted by molar-refractivity contribution is -0.137. The van der Waals surface area contributed by atoms with E-state index in [4.69, 9.17) is 11.6 Å². The standard InChI is InChI=1S/C18H13ClF4N2O2/c19-15-9(2-1-3-12(15)18(21,22)23)8-24-17(27)11-4-6-13(26)16-10(11)5-7-14(20)25-16/h1-3,5,7,11H,4,6,8H2,(H,24,27). The SMILES string of the molecule is O=C1CCC(C(=O)NCc2cccc(C(F)(F)F)c2Cl)c2ccc(F)nc21. The molecule has 1 unspecified atom stereocenters. The molecular weight excluding hydrogens is 388 g/mol. The number of carbonyl (C=O) groups excluding carboxylic acids is 2. The van der Waals surface area contributed by atoms with Crippen molar-refractivity contribution in [1.29, 1.82) is 0 Å². The number of Topliss-reactive ketones (excluding diaryl/α,β-unsaturated/α-hetero) is 1. The number of carbonyl (C=O) groups is 2. The van der Waals surface area contributed by atoms with Gasteiger partial charge in [0, 0.05) is 13.0 Å². The van der Waals surface area contributed by atoms with Crippen LogP contribution in [0.5, 0.6) is 0 Å². The molecule has 2 aromatic rings. The maximum absolute atomic E-state index is 13.3. The number of nitrogens with one attached hydrogen (secondary N) is 1. The molecule has 0 saturated heterocycles. The van der Waals surface area contributed by atoms with Crippen molar-refractivity contribution in [2.75, 3.05) is 0 Å². The Morgan fingerprint density at radius 3 is 2.70 bits per heavy atom. The zero-order valence-corrected chi connectivity index (χ0v) is 14.5. The second-order valence-corrected chi connectivity index (χ2v) is 6.46. The maximum Gasteiger partial charge on any atom is 0.417 e. The number of halogens is 5. The summed E-state index contributed by atoms with van der Waals surface area (Å²) in [7, 11) is 0. The number of hydrogen-bond donors (Lipinski definition) is 1. The lowest BCUT2D eigenvalue weighted by atomic mass is 9.84. The van der Waals surface area contributed by atoms with Gasteiger partial charge in [-0.3, -0.25) is 9.59 Å². The second-order valence-electron chi connectivity index (χ2n) is 6.08. The van der Waals surface area contributed by atoms with Crippen LogP contribution in [-0.2, 0) is 17.5 Å². The van der Waals surface area contributed by atoms with Crippen LogP contribution < -0.4 is 5.32 Å². The van der Waals surface area contributed by atoms with Gasteiger partial charge < -0.3 is 5.32 Å². The molecule has 4 nitrogen and oxygen atoms in total. The predicted octanol–water partition coefficient (Wildman–Crippen LogP) is 4.27. The summed E-state index contributed by atoms with van der Waals surface area (Å²) in [4.78, 5) is 27.9. The first kappa shape index (κ1) is 19.3. The molecule has 9 heteroatoms. The number of hydrogen-bond acceptors (Lipinski definition) is 3. The Morgan fingerprint density at radius 1 is 1.26 bits per heavy atom. The molecule has 1 N–H and O–H groups in total. The highest BCUT2D eigenvalue weighted by Crippen LogP contribution is 2.36. The van der Waals surface area contributed by atoms with Crippen LogP contribution >= 0.6 is 11.6 Å². The number of alkyl halides is 3. The zero-order valence-electron chi connectivity index (χ0n) is 13.7. The third kappa shape index (κ3) is 3.95. The molecule has 0 aliphatic heterocycles. The van der Waals surface area contributed by atoms with Crippen LogP contribution in [0.2, 0.25) is 5.02 Å². The highest BCUT2D eigenvalue weighted by atomic mass is 35.5. The molecule has 1 aromatic heterocycles. The topological polar surface area (TPSA) is 59.1 Å². The van der Waals surface area contributed by atoms with Crippen molar-refractivity contribution in [2.24, 2.45) is 0 Å². The van der Waals surface area contributed by atoms with Crippen LogP contribution in [0.1, 0.15) is 45.9 Å². The quantitative estimate of drug-likeness (QED) is 0.618. The molecule has 1 amide bonds. The molecular formula is C18H13ClF4N2O2. The summed E-state index contributed by atoms with van der Waals surface area (Å²) >= 11 is 5.81. The first-order valence-corrected chi connectivity index (χ1v) is 8.38. The number of pyridine rings is 1. The van der Waals surface area contributed by atoms with Gasteiger partial charge in [0.2, 0.25) is 11.9 Å². The Kier molecular flexibility index (Phi) is 5.19. The molecule has 1 aromatic carbocycles. The van der Waals surface area contributed by atoms with E-state index in [0.29, 0.717) is 5.56 Å². The van der Waals surface area contributed by atoms with Crippen LogP contribution in [0, 0.1) is 5.95 Å². The van der Waals surface area contributed by atoms with Gasteiger partial charge >= 0.3 is 6.18 Å². The number of aromatic nitrogens is 1. The van der Waals surface area contributed by atoms with Crippen molar-refractivity contribution in [1.82, 2.24) is 10.3 Å². The van der Waals surface area contributed by atoms with Crippen LogP contribution in [0.4, 0.5) is 17.6 Å². The monoisotopic (exact) mass is 400 g/mol. The van der Waals surface area contributed by atoms with E-state index in [1.807, 2.05) is 0 Å². The molecule has 1 atom stereocenters. The van der Waals surface area contributed by atoms with Crippen molar-refractivity contribution in [3.8, 4) is 0 Å². The number of fused-ring (bicyclic) bond motifs is 1. The van der Waals surface area contributed by atoms with Crippen LogP contribution in [0.3, 0.4) is 0 Å². The van der Waals surface area contributed by atoms with Gasteiger partial charge in [-0.1, -0.05) is 29.8 Å². The molecule has 0 radical (unpaired) electrons. The first-order valence-electron chi connectivity index (χ1n) is 8.00. The molecule has 3 rings (SSSR count). The van der Waals surface area contributed by atoms with Gasteiger partial charge in [-0.25, -0.2) is 4.98 Å². The largest absolute Gasteiger partial charge is 0.417 e. The molecule has 0 spiro atoms. The minimum Gasteiger partial charge on any atom is -0.351 e. The molecule has 1 aliphatic rings. The highest BCUT2D eigenvalue weighted by Gasteiger charge is 2.34. The van der Waals surface area contributed by atoms with E-state index in [0.717, 1.165) is 12.1 Å². The van der Waals surface area contributed by atoms with Gasteiger partial charge in [0.15, 0.2) is 5.78 Å². The van der Waals surface area contributed by atoms with Crippen molar-refractivity contribution < 1.29 is 27.2 Å². The summed E-state index contributed by atoms with van der Waals surface area (Å²) in [5.74, 6) is -2.41. The third-order valence-electron chi connectivity index (χ3n) is 4.35. The van der Waals surface area contributed by atoms with Gasteiger partial charge in [-0.05, 0) is 29.7 Å². The fraction of sp³-hybridized carbons (Fsp3) is 0.278. The molecule has 1 heterocycles. The molecule has 1 aliphatic carbocycles. The van der Waals surface area contributed by atoms with Crippen molar-refractivity contribution in [3.05, 3.63) is 63.7 Å². The molecule has 0 fully saturated rings. The number of benzene rings is 1. The van der Waals surface area contributed by atoms with E-state index in [1.54, 1.807) is 0 Å². The predicted molar refractivity (Wildman–Crippen MR) is 88.8 cm³/mol. The van der Waals surface area contributed by atoms with Crippen LogP contribution in [0.15, 0.2) is 30.3 Å². The smallest absolute Gasteiger partial charge is 0.351 e. The number of nitrogens with zero attached hydrogens (tertiary/aromatic N) is 1. The van der Waals surface area contributed by atoms with E-state index >= 15 is 0 Å². The molecule has 0 bridgehead atoms. The highest BCUT2D eigenvalue weighted by molar-refractivity contribution is 6.32. The fourth-order valence-corrected chi connectivity index (χ4v) is 3.31. The summed E-state index contributed by atoms with van der Waals surface area (Å²) in [6.07, 6.45) is -4.36. The van der Waals surface area contributed by atoms with Gasteiger partial charge in [-0.15, -0.1) is 0 Å². The number of rotatable bonds is 3. The summed E-state index contributed by atoms with van der Waals surface area (Å²) in [6.45, 7) is -0.212. The summed E-state index contributed by atoms with van der Waals surface area (Å²) in [5, 5.41) is 2.06. The van der Waals surface area contributed by atoms with E-state index in [2.05, 4.69) is 10.3 Å². The Morgan fingerprint density at radius 2 is 2.00 bits per heavy atom. The number of amides is 1. The average molecular weight is 401 g/mol. The first-order chi connectivity index (χ1) is 12.7. The minimum absolute atomic E-state index is 0.0336. The molecule has 27 heavy (non-hydrogen) atoms. The van der Waals surface area contributed by atoms with Crippen LogP contribution in [0.25, 0.3) is 0 Å². The summed E-state index contributed by atoms with van der Waals surface area (Å²) in [5.41, 5.74) is -0.646. The maximum atomic E-state index is 13.3. The van der Waals surface area contributed by atoms with E-state index in [-0.39, 0.29) is 36.4 Å². The number of ketones is 1. The molecule has 0 saturated carbocycles. The summed E-state index contributed by atoms with van der Waals surface area (Å²) < 4.78 is 52.0. The van der Waals surface area contributed by atoms with E-state index in [1.165, 1.54) is 18.2 Å². The lowest BCUT2D eigenvalue weighted by Gasteiger charge is -2.23. The van der Waals surface area contributed by atoms with E-state index < -0.39 is 34.5 Å². The Labute approximate surface area is 156 Å². The third-order valence-corrected chi connectivity index (χ3v) is 4.79. The van der Waals surface area contributed by atoms with Crippen molar-refractivity contribution >= 4 is 23.3 Å². The Hall–Kier alpha value is -2.48. The van der Waals surface area contributed by atoms with Crippen LogP contribution in [-0.4, -0.2) is 16.7 Å².